The van der Waals surface area contributed by atoms with Gasteiger partial charge in [-0.1, -0.05) is 36.4 Å². The van der Waals surface area contributed by atoms with Gasteiger partial charge < -0.3 is 9.64 Å². The maximum atomic E-state index is 13.2. The Morgan fingerprint density at radius 2 is 1.56 bits per heavy atom. The highest BCUT2D eigenvalue weighted by atomic mass is 19.1. The van der Waals surface area contributed by atoms with E-state index in [1.54, 1.807) is 12.1 Å². The molecule has 0 spiro atoms. The molecule has 1 aliphatic heterocycles. The summed E-state index contributed by atoms with van der Waals surface area (Å²) in [5.41, 5.74) is 3.72. The Balaban J connectivity index is 1.30. The first kappa shape index (κ1) is 23.5. The average molecular weight is 458 g/mol. The van der Waals surface area contributed by atoms with E-state index in [0.717, 1.165) is 29.8 Å². The van der Waals surface area contributed by atoms with E-state index in [4.69, 9.17) is 10.00 Å². The smallest absolute Gasteiger partial charge is 0.260 e. The minimum absolute atomic E-state index is 0.00870. The van der Waals surface area contributed by atoms with Crippen LogP contribution in [0.3, 0.4) is 0 Å². The van der Waals surface area contributed by atoms with Gasteiger partial charge in [0.25, 0.3) is 5.91 Å². The van der Waals surface area contributed by atoms with Crippen molar-refractivity contribution in [2.45, 2.75) is 32.5 Å². The molecule has 0 radical (unpaired) electrons. The molecule has 4 rings (SSSR count). The van der Waals surface area contributed by atoms with Crippen LogP contribution in [-0.2, 0) is 11.3 Å². The highest BCUT2D eigenvalue weighted by Crippen LogP contribution is 2.23. The van der Waals surface area contributed by atoms with E-state index in [1.165, 1.54) is 12.1 Å². The second-order valence-electron chi connectivity index (χ2n) is 8.80. The SMILES string of the molecule is CC1CN(C(=O)COc2ccc(-c3ccc(C#N)cc3)cc2)C(C)CN1Cc1ccc(F)cc1. The lowest BCUT2D eigenvalue weighted by atomic mass is 10.0. The third-order valence-corrected chi connectivity index (χ3v) is 6.30. The summed E-state index contributed by atoms with van der Waals surface area (Å²) >= 11 is 0. The second kappa shape index (κ2) is 10.5. The molecule has 1 heterocycles. The molecule has 2 atom stereocenters. The Morgan fingerprint density at radius 3 is 2.18 bits per heavy atom. The van der Waals surface area contributed by atoms with E-state index in [0.29, 0.717) is 17.9 Å². The Morgan fingerprint density at radius 1 is 0.941 bits per heavy atom. The van der Waals surface area contributed by atoms with Crippen molar-refractivity contribution in [3.05, 3.63) is 89.7 Å². The summed E-state index contributed by atoms with van der Waals surface area (Å²) < 4.78 is 19.0. The van der Waals surface area contributed by atoms with Crippen LogP contribution in [0.15, 0.2) is 72.8 Å². The summed E-state index contributed by atoms with van der Waals surface area (Å²) in [5.74, 6) is 0.378. The van der Waals surface area contributed by atoms with E-state index in [9.17, 15) is 9.18 Å². The predicted molar refractivity (Wildman–Crippen MR) is 130 cm³/mol. The van der Waals surface area contributed by atoms with E-state index in [2.05, 4.69) is 17.9 Å². The Kier molecular flexibility index (Phi) is 7.24. The summed E-state index contributed by atoms with van der Waals surface area (Å²) in [7, 11) is 0. The zero-order valence-corrected chi connectivity index (χ0v) is 19.4. The Hall–Kier alpha value is -3.69. The molecule has 1 fully saturated rings. The van der Waals surface area contributed by atoms with Crippen molar-refractivity contribution in [3.8, 4) is 22.9 Å². The summed E-state index contributed by atoms with van der Waals surface area (Å²) in [6.07, 6.45) is 0. The number of amides is 1. The van der Waals surface area contributed by atoms with Crippen molar-refractivity contribution in [3.63, 3.8) is 0 Å². The number of nitrogens with zero attached hydrogens (tertiary/aromatic N) is 3. The van der Waals surface area contributed by atoms with Gasteiger partial charge >= 0.3 is 0 Å². The quantitative estimate of drug-likeness (QED) is 0.530. The van der Waals surface area contributed by atoms with Crippen LogP contribution in [0, 0.1) is 17.1 Å². The number of ether oxygens (including phenoxy) is 1. The van der Waals surface area contributed by atoms with Crippen molar-refractivity contribution < 1.29 is 13.9 Å². The van der Waals surface area contributed by atoms with Gasteiger partial charge in [0, 0.05) is 31.7 Å². The number of rotatable bonds is 6. The van der Waals surface area contributed by atoms with Crippen molar-refractivity contribution in [2.24, 2.45) is 0 Å². The fourth-order valence-electron chi connectivity index (χ4n) is 4.30. The Bertz CT molecular complexity index is 1150. The molecule has 174 valence electrons. The van der Waals surface area contributed by atoms with Crippen LogP contribution in [0.5, 0.6) is 5.75 Å². The highest BCUT2D eigenvalue weighted by Gasteiger charge is 2.32. The number of benzene rings is 3. The average Bonchev–Trinajstić information content (AvgIpc) is 2.86. The summed E-state index contributed by atoms with van der Waals surface area (Å²) in [4.78, 5) is 17.1. The van der Waals surface area contributed by atoms with Gasteiger partial charge in [0.15, 0.2) is 6.61 Å². The number of carbonyl (C=O) groups is 1. The zero-order chi connectivity index (χ0) is 24.1. The number of nitriles is 1. The van der Waals surface area contributed by atoms with Gasteiger partial charge in [-0.25, -0.2) is 4.39 Å². The number of piperazine rings is 1. The molecular formula is C28H28FN3O2. The van der Waals surface area contributed by atoms with E-state index in [1.807, 2.05) is 60.4 Å². The van der Waals surface area contributed by atoms with Gasteiger partial charge in [-0.05, 0) is 66.9 Å². The molecule has 1 saturated heterocycles. The van der Waals surface area contributed by atoms with Gasteiger partial charge in [0.2, 0.25) is 0 Å². The molecule has 2 unspecified atom stereocenters. The van der Waals surface area contributed by atoms with Crippen LogP contribution in [-0.4, -0.2) is 47.5 Å². The van der Waals surface area contributed by atoms with Crippen LogP contribution in [0.4, 0.5) is 4.39 Å². The van der Waals surface area contributed by atoms with Crippen molar-refractivity contribution in [2.75, 3.05) is 19.7 Å². The number of hydrogen-bond acceptors (Lipinski definition) is 4. The molecule has 5 nitrogen and oxygen atoms in total. The first-order valence-electron chi connectivity index (χ1n) is 11.4. The molecule has 6 heteroatoms. The van der Waals surface area contributed by atoms with Crippen LogP contribution < -0.4 is 4.74 Å². The van der Waals surface area contributed by atoms with Gasteiger partial charge in [0.1, 0.15) is 11.6 Å². The van der Waals surface area contributed by atoms with E-state index < -0.39 is 0 Å². The van der Waals surface area contributed by atoms with Crippen LogP contribution >= 0.6 is 0 Å². The second-order valence-corrected chi connectivity index (χ2v) is 8.80. The van der Waals surface area contributed by atoms with E-state index >= 15 is 0 Å². The molecule has 34 heavy (non-hydrogen) atoms. The van der Waals surface area contributed by atoms with Gasteiger partial charge in [-0.3, -0.25) is 9.69 Å². The van der Waals surface area contributed by atoms with Gasteiger partial charge in [-0.2, -0.15) is 5.26 Å². The fraction of sp³-hybridized carbons (Fsp3) is 0.286. The lowest BCUT2D eigenvalue weighted by Crippen LogP contribution is -2.58. The van der Waals surface area contributed by atoms with Crippen molar-refractivity contribution >= 4 is 5.91 Å². The maximum Gasteiger partial charge on any atom is 0.260 e. The molecule has 0 saturated carbocycles. The van der Waals surface area contributed by atoms with Crippen LogP contribution in [0.2, 0.25) is 0 Å². The van der Waals surface area contributed by atoms with Crippen molar-refractivity contribution in [1.29, 1.82) is 5.26 Å². The molecule has 0 N–H and O–H groups in total. The fourth-order valence-corrected chi connectivity index (χ4v) is 4.30. The lowest BCUT2D eigenvalue weighted by Gasteiger charge is -2.44. The Labute approximate surface area is 200 Å². The topological polar surface area (TPSA) is 56.6 Å². The first-order valence-corrected chi connectivity index (χ1v) is 11.4. The molecular weight excluding hydrogens is 429 g/mol. The molecule has 3 aromatic rings. The minimum atomic E-state index is -0.232. The number of halogens is 1. The number of hydrogen-bond donors (Lipinski definition) is 0. The summed E-state index contributed by atoms with van der Waals surface area (Å²) in [6.45, 7) is 6.26. The third-order valence-electron chi connectivity index (χ3n) is 6.30. The van der Waals surface area contributed by atoms with Crippen molar-refractivity contribution in [1.82, 2.24) is 9.80 Å². The molecule has 1 aliphatic rings. The molecule has 0 bridgehead atoms. The largest absolute Gasteiger partial charge is 0.484 e. The molecule has 3 aromatic carbocycles. The molecule has 0 aliphatic carbocycles. The highest BCUT2D eigenvalue weighted by molar-refractivity contribution is 5.78. The lowest BCUT2D eigenvalue weighted by molar-refractivity contribution is -0.139. The van der Waals surface area contributed by atoms with E-state index in [-0.39, 0.29) is 30.4 Å². The maximum absolute atomic E-state index is 13.2. The van der Waals surface area contributed by atoms with Gasteiger partial charge in [-0.15, -0.1) is 0 Å². The van der Waals surface area contributed by atoms with Gasteiger partial charge in [0.05, 0.1) is 11.6 Å². The third kappa shape index (κ3) is 5.62. The van der Waals surface area contributed by atoms with Crippen LogP contribution in [0.1, 0.15) is 25.0 Å². The molecule has 0 aromatic heterocycles. The predicted octanol–water partition coefficient (Wildman–Crippen LogP) is 4.86. The minimum Gasteiger partial charge on any atom is -0.484 e. The summed E-state index contributed by atoms with van der Waals surface area (Å²) in [5, 5.41) is 8.93. The monoisotopic (exact) mass is 457 g/mol. The zero-order valence-electron chi connectivity index (χ0n) is 19.4. The normalized spacial score (nSPS) is 18.4. The first-order chi connectivity index (χ1) is 16.4. The summed E-state index contributed by atoms with van der Waals surface area (Å²) in [6, 6.07) is 24.0. The van der Waals surface area contributed by atoms with Crippen LogP contribution in [0.25, 0.3) is 11.1 Å². The number of carbonyl (C=O) groups excluding carboxylic acids is 1. The molecule has 1 amide bonds. The standard InChI is InChI=1S/C28H28FN3O2/c1-20-17-32(21(2)16-31(20)18-23-5-11-26(29)12-6-23)28(33)19-34-27-13-9-25(10-14-27)24-7-3-22(15-30)4-8-24/h3-14,20-21H,16-19H2,1-2H3.